The van der Waals surface area contributed by atoms with E-state index in [1.54, 1.807) is 24.3 Å². The van der Waals surface area contributed by atoms with Gasteiger partial charge in [0.05, 0.1) is 0 Å². The Hall–Kier alpha value is -3.12. The van der Waals surface area contributed by atoms with E-state index in [0.717, 1.165) is 5.56 Å². The number of halogens is 3. The largest absolute Gasteiger partial charge is 0.485 e. The summed E-state index contributed by atoms with van der Waals surface area (Å²) in [6, 6.07) is 14.4. The summed E-state index contributed by atoms with van der Waals surface area (Å²) in [6.45, 7) is -0.882. The molecule has 1 aromatic heterocycles. The predicted octanol–water partition coefficient (Wildman–Crippen LogP) is 6.32. The predicted molar refractivity (Wildman–Crippen MR) is 106 cm³/mol. The lowest BCUT2D eigenvalue weighted by Crippen LogP contribution is -2.03. The summed E-state index contributed by atoms with van der Waals surface area (Å²) in [7, 11) is 0. The van der Waals surface area contributed by atoms with Gasteiger partial charge in [0.1, 0.15) is 29.6 Å². The molecule has 0 aliphatic heterocycles. The topological polar surface area (TPSA) is 48.7 Å². The number of benzene rings is 2. The lowest BCUT2D eigenvalue weighted by Gasteiger charge is -2.08. The molecule has 0 N–H and O–H groups in total. The van der Waals surface area contributed by atoms with E-state index in [0.29, 0.717) is 22.3 Å². The molecular formula is C22H17ClF2O4. The number of carbonyl (C=O) groups excluding carboxylic acids is 1. The van der Waals surface area contributed by atoms with Crippen molar-refractivity contribution in [1.82, 2.24) is 0 Å². The second-order valence-electron chi connectivity index (χ2n) is 6.06. The van der Waals surface area contributed by atoms with Crippen LogP contribution in [0.5, 0.6) is 11.5 Å². The minimum Gasteiger partial charge on any atom is -0.485 e. The van der Waals surface area contributed by atoms with Crippen LogP contribution in [0.2, 0.25) is 5.02 Å². The molecular weight excluding hydrogens is 402 g/mol. The maximum atomic E-state index is 12.3. The van der Waals surface area contributed by atoms with Gasteiger partial charge >= 0.3 is 6.61 Å². The Morgan fingerprint density at radius 3 is 2.76 bits per heavy atom. The molecule has 0 fully saturated rings. The van der Waals surface area contributed by atoms with Gasteiger partial charge in [0.2, 0.25) is 0 Å². The molecule has 3 rings (SSSR count). The van der Waals surface area contributed by atoms with Crippen molar-refractivity contribution in [3.05, 3.63) is 88.3 Å². The van der Waals surface area contributed by atoms with Crippen molar-refractivity contribution in [2.45, 2.75) is 20.1 Å². The van der Waals surface area contributed by atoms with Crippen LogP contribution in [0, 0.1) is 6.92 Å². The maximum absolute atomic E-state index is 12.3. The zero-order chi connectivity index (χ0) is 20.8. The summed E-state index contributed by atoms with van der Waals surface area (Å²) < 4.78 is 40.2. The Labute approximate surface area is 171 Å². The van der Waals surface area contributed by atoms with E-state index in [9.17, 15) is 13.6 Å². The van der Waals surface area contributed by atoms with E-state index in [2.05, 4.69) is 4.74 Å². The molecule has 0 atom stereocenters. The third-order valence-corrected chi connectivity index (χ3v) is 4.42. The molecule has 1 heterocycles. The van der Waals surface area contributed by atoms with Crippen LogP contribution in [0.4, 0.5) is 8.78 Å². The number of ether oxygens (including phenoxy) is 2. The smallest absolute Gasteiger partial charge is 0.387 e. The van der Waals surface area contributed by atoms with Crippen LogP contribution < -0.4 is 9.47 Å². The fourth-order valence-electron chi connectivity index (χ4n) is 2.53. The normalized spacial score (nSPS) is 11.2. The Kier molecular flexibility index (Phi) is 6.67. The number of furan rings is 1. The molecule has 0 aliphatic carbocycles. The third-order valence-electron chi connectivity index (χ3n) is 4.01. The molecule has 0 saturated heterocycles. The average molecular weight is 419 g/mol. The molecule has 29 heavy (non-hydrogen) atoms. The zero-order valence-electron chi connectivity index (χ0n) is 15.4. The first kappa shape index (κ1) is 20.6. The molecule has 0 radical (unpaired) electrons. The second kappa shape index (κ2) is 9.39. The van der Waals surface area contributed by atoms with Crippen LogP contribution in [-0.2, 0) is 6.61 Å². The van der Waals surface area contributed by atoms with Gasteiger partial charge in [0.15, 0.2) is 5.78 Å². The monoisotopic (exact) mass is 418 g/mol. The first-order valence-electron chi connectivity index (χ1n) is 8.66. The summed E-state index contributed by atoms with van der Waals surface area (Å²) in [6.07, 6.45) is 2.79. The minimum atomic E-state index is -2.95. The fraction of sp³-hybridized carbons (Fsp3) is 0.136. The molecule has 0 bridgehead atoms. The van der Waals surface area contributed by atoms with E-state index < -0.39 is 6.61 Å². The van der Waals surface area contributed by atoms with Crippen molar-refractivity contribution in [3.63, 3.8) is 0 Å². The summed E-state index contributed by atoms with van der Waals surface area (Å²) in [5.41, 5.74) is 1.07. The zero-order valence-corrected chi connectivity index (χ0v) is 16.2. The van der Waals surface area contributed by atoms with E-state index in [1.165, 1.54) is 36.4 Å². The second-order valence-corrected chi connectivity index (χ2v) is 6.47. The van der Waals surface area contributed by atoms with Gasteiger partial charge in [-0.15, -0.1) is 0 Å². The Balaban J connectivity index is 1.61. The number of allylic oxidation sites excluding steroid dienone is 1. The van der Waals surface area contributed by atoms with E-state index in [4.69, 9.17) is 20.8 Å². The van der Waals surface area contributed by atoms with E-state index >= 15 is 0 Å². The van der Waals surface area contributed by atoms with Gasteiger partial charge in [0.25, 0.3) is 0 Å². The summed E-state index contributed by atoms with van der Waals surface area (Å²) in [4.78, 5) is 12.2. The van der Waals surface area contributed by atoms with Gasteiger partial charge in [-0.2, -0.15) is 8.78 Å². The highest BCUT2D eigenvalue weighted by Gasteiger charge is 2.09. The number of rotatable bonds is 8. The van der Waals surface area contributed by atoms with Crippen LogP contribution >= 0.6 is 11.6 Å². The highest BCUT2D eigenvalue weighted by molar-refractivity contribution is 6.31. The molecule has 3 aromatic rings. The van der Waals surface area contributed by atoms with E-state index in [1.807, 2.05) is 13.0 Å². The van der Waals surface area contributed by atoms with Gasteiger partial charge in [0, 0.05) is 16.1 Å². The van der Waals surface area contributed by atoms with Crippen molar-refractivity contribution < 1.29 is 27.5 Å². The highest BCUT2D eigenvalue weighted by atomic mass is 35.5. The molecule has 150 valence electrons. The van der Waals surface area contributed by atoms with Gasteiger partial charge in [-0.1, -0.05) is 29.8 Å². The van der Waals surface area contributed by atoms with Crippen LogP contribution in [0.25, 0.3) is 6.08 Å². The van der Waals surface area contributed by atoms with Crippen molar-refractivity contribution in [3.8, 4) is 11.5 Å². The average Bonchev–Trinajstić information content (AvgIpc) is 3.15. The lowest BCUT2D eigenvalue weighted by molar-refractivity contribution is -0.0498. The Morgan fingerprint density at radius 1 is 1.17 bits per heavy atom. The SMILES string of the molecule is Cc1c(Cl)cccc1OCc1ccc(/C=C/C(=O)c2cccc(OC(F)F)c2)o1. The van der Waals surface area contributed by atoms with Gasteiger partial charge < -0.3 is 13.9 Å². The first-order valence-corrected chi connectivity index (χ1v) is 9.04. The van der Waals surface area contributed by atoms with Crippen molar-refractivity contribution in [2.75, 3.05) is 0 Å². The number of hydrogen-bond donors (Lipinski definition) is 0. The highest BCUT2D eigenvalue weighted by Crippen LogP contribution is 2.26. The number of carbonyl (C=O) groups is 1. The van der Waals surface area contributed by atoms with Gasteiger partial charge in [-0.3, -0.25) is 4.79 Å². The van der Waals surface area contributed by atoms with E-state index in [-0.39, 0.29) is 23.7 Å². The Bertz CT molecular complexity index is 1030. The first-order chi connectivity index (χ1) is 13.9. The van der Waals surface area contributed by atoms with Crippen molar-refractivity contribution in [1.29, 1.82) is 0 Å². The molecule has 2 aromatic carbocycles. The molecule has 0 aliphatic rings. The number of hydrogen-bond acceptors (Lipinski definition) is 4. The molecule has 0 saturated carbocycles. The van der Waals surface area contributed by atoms with Gasteiger partial charge in [-0.25, -0.2) is 0 Å². The fourth-order valence-corrected chi connectivity index (χ4v) is 2.70. The number of ketones is 1. The summed E-state index contributed by atoms with van der Waals surface area (Å²) in [5, 5.41) is 0.618. The minimum absolute atomic E-state index is 0.0759. The van der Waals surface area contributed by atoms with Crippen LogP contribution in [0.15, 0.2) is 65.1 Å². The number of alkyl halides is 2. The standard InChI is InChI=1S/C22H17ClF2O4/c1-14-19(23)6-3-7-21(14)27-13-18-9-8-16(28-18)10-11-20(26)15-4-2-5-17(12-15)29-22(24)25/h2-12,22H,13H2,1H3/b11-10+. The summed E-state index contributed by atoms with van der Waals surface area (Å²) in [5.74, 6) is 1.25. The van der Waals surface area contributed by atoms with Crippen molar-refractivity contribution >= 4 is 23.5 Å². The molecule has 0 spiro atoms. The molecule has 0 unspecified atom stereocenters. The lowest BCUT2D eigenvalue weighted by atomic mass is 10.1. The van der Waals surface area contributed by atoms with Crippen LogP contribution in [0.3, 0.4) is 0 Å². The maximum Gasteiger partial charge on any atom is 0.387 e. The molecule has 0 amide bonds. The quantitative estimate of drug-likeness (QED) is 0.317. The van der Waals surface area contributed by atoms with Crippen LogP contribution in [0.1, 0.15) is 27.4 Å². The molecule has 7 heteroatoms. The van der Waals surface area contributed by atoms with Gasteiger partial charge in [-0.05, 0) is 55.5 Å². The third kappa shape index (κ3) is 5.68. The molecule has 4 nitrogen and oxygen atoms in total. The van der Waals surface area contributed by atoms with Crippen LogP contribution in [-0.4, -0.2) is 12.4 Å². The summed E-state index contributed by atoms with van der Waals surface area (Å²) >= 11 is 6.07. The van der Waals surface area contributed by atoms with Crippen molar-refractivity contribution in [2.24, 2.45) is 0 Å². The Morgan fingerprint density at radius 2 is 1.97 bits per heavy atom.